The van der Waals surface area contributed by atoms with Gasteiger partial charge in [0.25, 0.3) is 5.56 Å². The standard InChI is InChI=1S/C18H22N2OS/c1-2-15(13-8-4-3-5-9-13)16-12-17(21)20-18(19-16)22-14-10-6-7-11-14/h3-5,8-9,12,14-15H,2,6-7,10-11H2,1H3,(H,19,20,21)/t15-/m0/s1. The van der Waals surface area contributed by atoms with E-state index in [9.17, 15) is 4.79 Å². The Morgan fingerprint density at radius 2 is 2.00 bits per heavy atom. The van der Waals surface area contributed by atoms with Gasteiger partial charge in [-0.25, -0.2) is 4.98 Å². The van der Waals surface area contributed by atoms with Crippen LogP contribution in [0.2, 0.25) is 0 Å². The third kappa shape index (κ3) is 3.61. The van der Waals surface area contributed by atoms with Crippen LogP contribution in [0.4, 0.5) is 0 Å². The van der Waals surface area contributed by atoms with Gasteiger partial charge in [0.1, 0.15) is 0 Å². The first-order chi connectivity index (χ1) is 10.8. The van der Waals surface area contributed by atoms with Gasteiger partial charge >= 0.3 is 0 Å². The van der Waals surface area contributed by atoms with Crippen LogP contribution in [0.5, 0.6) is 0 Å². The lowest BCUT2D eigenvalue weighted by Gasteiger charge is -2.16. The number of aromatic nitrogens is 2. The van der Waals surface area contributed by atoms with E-state index in [1.165, 1.54) is 31.2 Å². The highest BCUT2D eigenvalue weighted by Crippen LogP contribution is 2.33. The molecule has 1 aliphatic rings. The quantitative estimate of drug-likeness (QED) is 0.835. The lowest BCUT2D eigenvalue weighted by molar-refractivity contribution is 0.718. The average Bonchev–Trinajstić information content (AvgIpc) is 3.01. The van der Waals surface area contributed by atoms with Crippen molar-refractivity contribution in [2.75, 3.05) is 0 Å². The number of benzene rings is 1. The Hall–Kier alpha value is -1.55. The molecule has 0 saturated heterocycles. The zero-order valence-corrected chi connectivity index (χ0v) is 13.7. The average molecular weight is 314 g/mol. The van der Waals surface area contributed by atoms with Gasteiger partial charge in [-0.2, -0.15) is 0 Å². The Bertz CT molecular complexity index is 662. The summed E-state index contributed by atoms with van der Waals surface area (Å²) in [7, 11) is 0. The Kier molecular flexibility index (Phi) is 4.98. The summed E-state index contributed by atoms with van der Waals surface area (Å²) in [6.45, 7) is 2.14. The molecular weight excluding hydrogens is 292 g/mol. The summed E-state index contributed by atoms with van der Waals surface area (Å²) in [5.74, 6) is 0.187. The zero-order valence-electron chi connectivity index (χ0n) is 12.9. The largest absolute Gasteiger partial charge is 0.301 e. The van der Waals surface area contributed by atoms with E-state index < -0.39 is 0 Å². The monoisotopic (exact) mass is 314 g/mol. The third-order valence-corrected chi connectivity index (χ3v) is 5.51. The molecule has 0 spiro atoms. The fourth-order valence-electron chi connectivity index (χ4n) is 3.15. The summed E-state index contributed by atoms with van der Waals surface area (Å²) in [4.78, 5) is 19.7. The summed E-state index contributed by atoms with van der Waals surface area (Å²) < 4.78 is 0. The molecule has 116 valence electrons. The van der Waals surface area contributed by atoms with Crippen molar-refractivity contribution in [1.82, 2.24) is 9.97 Å². The van der Waals surface area contributed by atoms with Crippen molar-refractivity contribution in [3.8, 4) is 0 Å². The predicted molar refractivity (Wildman–Crippen MR) is 91.5 cm³/mol. The second kappa shape index (κ2) is 7.14. The number of thioether (sulfide) groups is 1. The Morgan fingerprint density at radius 3 is 2.68 bits per heavy atom. The molecule has 1 saturated carbocycles. The molecule has 0 radical (unpaired) electrons. The van der Waals surface area contributed by atoms with Crippen LogP contribution in [0.1, 0.15) is 56.2 Å². The molecule has 1 heterocycles. The van der Waals surface area contributed by atoms with Gasteiger partial charge in [0.05, 0.1) is 5.69 Å². The lowest BCUT2D eigenvalue weighted by Crippen LogP contribution is -2.14. The second-order valence-corrected chi connectivity index (χ2v) is 7.16. The number of hydrogen-bond acceptors (Lipinski definition) is 3. The van der Waals surface area contributed by atoms with E-state index >= 15 is 0 Å². The predicted octanol–water partition coefficient (Wildman–Crippen LogP) is 4.35. The van der Waals surface area contributed by atoms with Crippen molar-refractivity contribution in [1.29, 1.82) is 0 Å². The minimum absolute atomic E-state index is 0.0418. The van der Waals surface area contributed by atoms with Crippen LogP contribution in [0.25, 0.3) is 0 Å². The molecule has 4 heteroatoms. The number of nitrogens with zero attached hydrogens (tertiary/aromatic N) is 1. The Morgan fingerprint density at radius 1 is 1.27 bits per heavy atom. The van der Waals surface area contributed by atoms with Crippen molar-refractivity contribution in [2.24, 2.45) is 0 Å². The van der Waals surface area contributed by atoms with Gasteiger partial charge in [-0.05, 0) is 24.8 Å². The van der Waals surface area contributed by atoms with E-state index in [-0.39, 0.29) is 11.5 Å². The maximum atomic E-state index is 12.0. The zero-order chi connectivity index (χ0) is 15.4. The first kappa shape index (κ1) is 15.3. The normalized spacial score (nSPS) is 16.8. The van der Waals surface area contributed by atoms with E-state index in [1.807, 2.05) is 18.2 Å². The Labute approximate surface area is 135 Å². The van der Waals surface area contributed by atoms with Crippen LogP contribution in [-0.4, -0.2) is 15.2 Å². The van der Waals surface area contributed by atoms with E-state index in [1.54, 1.807) is 17.8 Å². The van der Waals surface area contributed by atoms with Gasteiger partial charge in [-0.1, -0.05) is 61.9 Å². The molecule has 1 N–H and O–H groups in total. The maximum Gasteiger partial charge on any atom is 0.251 e. The van der Waals surface area contributed by atoms with Crippen molar-refractivity contribution in [2.45, 2.75) is 55.4 Å². The van der Waals surface area contributed by atoms with E-state index in [2.05, 4.69) is 24.0 Å². The fraction of sp³-hybridized carbons (Fsp3) is 0.444. The van der Waals surface area contributed by atoms with Crippen molar-refractivity contribution >= 4 is 11.8 Å². The molecule has 1 atom stereocenters. The van der Waals surface area contributed by atoms with Crippen LogP contribution in [-0.2, 0) is 0 Å². The first-order valence-electron chi connectivity index (χ1n) is 8.09. The summed E-state index contributed by atoms with van der Waals surface area (Å²) in [6, 6.07) is 12.0. The number of hydrogen-bond donors (Lipinski definition) is 1. The first-order valence-corrected chi connectivity index (χ1v) is 8.97. The molecule has 22 heavy (non-hydrogen) atoms. The maximum absolute atomic E-state index is 12.0. The molecule has 3 nitrogen and oxygen atoms in total. The third-order valence-electron chi connectivity index (χ3n) is 4.29. The molecule has 0 amide bonds. The van der Waals surface area contributed by atoms with Gasteiger partial charge in [0, 0.05) is 17.2 Å². The highest BCUT2D eigenvalue weighted by molar-refractivity contribution is 7.99. The summed E-state index contributed by atoms with van der Waals surface area (Å²) in [5, 5.41) is 1.39. The highest BCUT2D eigenvalue weighted by Gasteiger charge is 2.19. The molecule has 0 unspecified atom stereocenters. The number of nitrogens with one attached hydrogen (secondary N) is 1. The van der Waals surface area contributed by atoms with Crippen LogP contribution in [0.15, 0.2) is 46.3 Å². The van der Waals surface area contributed by atoms with Crippen LogP contribution >= 0.6 is 11.8 Å². The van der Waals surface area contributed by atoms with Gasteiger partial charge in [-0.15, -0.1) is 0 Å². The van der Waals surface area contributed by atoms with Gasteiger partial charge in [0.2, 0.25) is 0 Å². The van der Waals surface area contributed by atoms with E-state index in [0.717, 1.165) is 17.3 Å². The van der Waals surface area contributed by atoms with E-state index in [0.29, 0.717) is 5.25 Å². The van der Waals surface area contributed by atoms with Gasteiger partial charge in [0.15, 0.2) is 5.16 Å². The molecular formula is C18H22N2OS. The Balaban J connectivity index is 1.88. The summed E-state index contributed by atoms with van der Waals surface area (Å²) in [6.07, 6.45) is 5.99. The highest BCUT2D eigenvalue weighted by atomic mass is 32.2. The molecule has 1 fully saturated rings. The van der Waals surface area contributed by atoms with Crippen molar-refractivity contribution < 1.29 is 0 Å². The molecule has 3 rings (SSSR count). The number of H-pyrrole nitrogens is 1. The van der Waals surface area contributed by atoms with Crippen molar-refractivity contribution in [3.05, 3.63) is 58.0 Å². The van der Waals surface area contributed by atoms with Gasteiger partial charge < -0.3 is 4.98 Å². The summed E-state index contributed by atoms with van der Waals surface area (Å²) >= 11 is 1.74. The van der Waals surface area contributed by atoms with Crippen LogP contribution in [0.3, 0.4) is 0 Å². The van der Waals surface area contributed by atoms with Gasteiger partial charge in [-0.3, -0.25) is 4.79 Å². The SMILES string of the molecule is CC[C@@H](c1ccccc1)c1cc(=O)[nH]c(SC2CCCC2)n1. The number of rotatable bonds is 5. The topological polar surface area (TPSA) is 45.8 Å². The molecule has 0 bridgehead atoms. The molecule has 2 aromatic rings. The number of aromatic amines is 1. The lowest BCUT2D eigenvalue weighted by atomic mass is 9.93. The minimum atomic E-state index is -0.0418. The summed E-state index contributed by atoms with van der Waals surface area (Å²) in [5.41, 5.74) is 2.07. The smallest absolute Gasteiger partial charge is 0.251 e. The fourth-order valence-corrected chi connectivity index (χ4v) is 4.36. The molecule has 1 aliphatic carbocycles. The van der Waals surface area contributed by atoms with Crippen LogP contribution < -0.4 is 5.56 Å². The molecule has 0 aliphatic heterocycles. The second-order valence-electron chi connectivity index (χ2n) is 5.87. The van der Waals surface area contributed by atoms with Crippen LogP contribution in [0, 0.1) is 0 Å². The molecule has 1 aromatic heterocycles. The van der Waals surface area contributed by atoms with E-state index in [4.69, 9.17) is 4.98 Å². The molecule has 1 aromatic carbocycles. The van der Waals surface area contributed by atoms with Crippen molar-refractivity contribution in [3.63, 3.8) is 0 Å². The minimum Gasteiger partial charge on any atom is -0.301 e.